The minimum absolute atomic E-state index is 0.0111. The van der Waals surface area contributed by atoms with Crippen molar-refractivity contribution in [3.63, 3.8) is 0 Å². The van der Waals surface area contributed by atoms with E-state index in [1.807, 2.05) is 32.0 Å². The van der Waals surface area contributed by atoms with Gasteiger partial charge in [0, 0.05) is 19.5 Å². The monoisotopic (exact) mass is 569 g/mol. The molecule has 0 saturated heterocycles. The van der Waals surface area contributed by atoms with Crippen molar-refractivity contribution < 1.29 is 33.8 Å². The van der Waals surface area contributed by atoms with Crippen molar-refractivity contribution in [1.29, 1.82) is 0 Å². The second kappa shape index (κ2) is 15.1. The first-order chi connectivity index (χ1) is 19.2. The molecule has 2 atom stereocenters. The Balaban J connectivity index is 2.47. The molecule has 0 saturated carbocycles. The van der Waals surface area contributed by atoms with Crippen molar-refractivity contribution >= 4 is 23.9 Å². The molecule has 2 aromatic carbocycles. The quantitative estimate of drug-likeness (QED) is 0.328. The first kappa shape index (κ1) is 33.1. The first-order valence-corrected chi connectivity index (χ1v) is 13.8. The highest BCUT2D eigenvalue weighted by molar-refractivity contribution is 5.92. The molecule has 0 spiro atoms. The van der Waals surface area contributed by atoms with Crippen LogP contribution in [0.15, 0.2) is 42.5 Å². The third-order valence-corrected chi connectivity index (χ3v) is 6.21. The van der Waals surface area contributed by atoms with Crippen LogP contribution in [0.25, 0.3) is 0 Å². The fourth-order valence-electron chi connectivity index (χ4n) is 4.31. The van der Waals surface area contributed by atoms with Crippen LogP contribution in [-0.2, 0) is 30.3 Å². The number of ether oxygens (including phenoxy) is 2. The van der Waals surface area contributed by atoms with Crippen molar-refractivity contribution in [1.82, 2.24) is 15.5 Å². The molecule has 0 aliphatic carbocycles. The number of phenolic OH excluding ortho intramolecular Hbond substituents is 1. The number of carbonyl (C=O) groups is 4. The lowest BCUT2D eigenvalue weighted by atomic mass is 9.95. The normalized spacial score (nSPS) is 12.6. The summed E-state index contributed by atoms with van der Waals surface area (Å²) in [6.45, 7) is 12.8. The van der Waals surface area contributed by atoms with Crippen molar-refractivity contribution in [3.05, 3.63) is 64.7 Å². The first-order valence-electron chi connectivity index (χ1n) is 13.8. The highest BCUT2D eigenvalue weighted by Gasteiger charge is 2.36. The van der Waals surface area contributed by atoms with Crippen molar-refractivity contribution in [3.8, 4) is 5.75 Å². The number of likely N-dealkylation sites (N-methyl/N-ethyl adjacent to an activating group) is 1. The molecule has 3 N–H and O–H groups in total. The maximum absolute atomic E-state index is 14.2. The van der Waals surface area contributed by atoms with Crippen molar-refractivity contribution in [2.75, 3.05) is 19.7 Å². The van der Waals surface area contributed by atoms with Crippen molar-refractivity contribution in [2.45, 2.75) is 79.0 Å². The highest BCUT2D eigenvalue weighted by atomic mass is 16.6. The van der Waals surface area contributed by atoms with Gasteiger partial charge in [-0.15, -0.1) is 0 Å². The summed E-state index contributed by atoms with van der Waals surface area (Å²) in [7, 11) is 0. The minimum Gasteiger partial charge on any atom is -0.508 e. The fourth-order valence-corrected chi connectivity index (χ4v) is 4.31. The summed E-state index contributed by atoms with van der Waals surface area (Å²) in [6, 6.07) is 9.87. The average Bonchev–Trinajstić information content (AvgIpc) is 2.88. The summed E-state index contributed by atoms with van der Waals surface area (Å²) in [5, 5.41) is 15.2. The number of nitrogens with zero attached hydrogens (tertiary/aromatic N) is 1. The van der Waals surface area contributed by atoms with Crippen LogP contribution in [0, 0.1) is 13.8 Å². The van der Waals surface area contributed by atoms with E-state index >= 15 is 0 Å². The van der Waals surface area contributed by atoms with E-state index in [1.54, 1.807) is 46.8 Å². The molecule has 0 bridgehead atoms. The average molecular weight is 570 g/mol. The molecule has 224 valence electrons. The second-order valence-electron chi connectivity index (χ2n) is 10.8. The molecule has 10 heteroatoms. The molecule has 2 rings (SSSR count). The Morgan fingerprint density at radius 3 is 2.24 bits per heavy atom. The van der Waals surface area contributed by atoms with Gasteiger partial charge in [-0.2, -0.15) is 0 Å². The number of aromatic hydroxyl groups is 1. The number of phenols is 1. The number of aryl methyl sites for hydroxylation is 2. The molecule has 3 amide bonds. The largest absolute Gasteiger partial charge is 0.508 e. The van der Waals surface area contributed by atoms with Crippen LogP contribution in [0.4, 0.5) is 4.79 Å². The van der Waals surface area contributed by atoms with E-state index in [2.05, 4.69) is 10.6 Å². The van der Waals surface area contributed by atoms with E-state index in [0.29, 0.717) is 11.1 Å². The van der Waals surface area contributed by atoms with Gasteiger partial charge in [0.15, 0.2) is 0 Å². The number of hydrogen-bond donors (Lipinski definition) is 3. The SMILES string of the molecule is CCOC(=O)CCNC(=O)C(c1cc(C)ccc1C)N(CC)C(=O)C(Cc1ccc(O)cc1)NC(=O)OC(C)(C)C. The molecule has 0 aliphatic heterocycles. The zero-order valence-electron chi connectivity index (χ0n) is 25.1. The fraction of sp³-hybridized carbons (Fsp3) is 0.484. The maximum Gasteiger partial charge on any atom is 0.408 e. The van der Waals surface area contributed by atoms with Gasteiger partial charge in [-0.05, 0) is 77.3 Å². The number of amides is 3. The van der Waals surface area contributed by atoms with Gasteiger partial charge >= 0.3 is 12.1 Å². The highest BCUT2D eigenvalue weighted by Crippen LogP contribution is 2.27. The number of hydrogen-bond acceptors (Lipinski definition) is 7. The molecule has 0 radical (unpaired) electrons. The van der Waals surface area contributed by atoms with Gasteiger partial charge in [0.1, 0.15) is 23.4 Å². The van der Waals surface area contributed by atoms with Gasteiger partial charge in [0.2, 0.25) is 11.8 Å². The smallest absolute Gasteiger partial charge is 0.408 e. The number of nitrogens with one attached hydrogen (secondary N) is 2. The van der Waals surface area contributed by atoms with Gasteiger partial charge in [-0.1, -0.05) is 35.9 Å². The third-order valence-electron chi connectivity index (χ3n) is 6.21. The van der Waals surface area contributed by atoms with E-state index in [-0.39, 0.29) is 38.3 Å². The topological polar surface area (TPSA) is 134 Å². The van der Waals surface area contributed by atoms with Crippen LogP contribution in [0.3, 0.4) is 0 Å². The summed E-state index contributed by atoms with van der Waals surface area (Å²) < 4.78 is 10.4. The number of esters is 1. The summed E-state index contributed by atoms with van der Waals surface area (Å²) >= 11 is 0. The Morgan fingerprint density at radius 1 is 1.00 bits per heavy atom. The predicted octanol–water partition coefficient (Wildman–Crippen LogP) is 4.10. The van der Waals surface area contributed by atoms with Gasteiger partial charge in [-0.3, -0.25) is 14.4 Å². The maximum atomic E-state index is 14.2. The van der Waals surface area contributed by atoms with Gasteiger partial charge in [0.25, 0.3) is 0 Å². The molecule has 2 unspecified atom stereocenters. The minimum atomic E-state index is -1.07. The van der Waals surface area contributed by atoms with E-state index in [0.717, 1.165) is 11.1 Å². The molecule has 41 heavy (non-hydrogen) atoms. The third kappa shape index (κ3) is 10.4. The summed E-state index contributed by atoms with van der Waals surface area (Å²) in [5.74, 6) is -1.31. The lowest BCUT2D eigenvalue weighted by molar-refractivity contribution is -0.144. The van der Waals surface area contributed by atoms with E-state index < -0.39 is 41.6 Å². The van der Waals surface area contributed by atoms with Gasteiger partial charge in [0.05, 0.1) is 13.0 Å². The number of carbonyl (C=O) groups excluding carboxylic acids is 4. The van der Waals surface area contributed by atoms with Crippen molar-refractivity contribution in [2.24, 2.45) is 0 Å². The molecule has 2 aromatic rings. The summed E-state index contributed by atoms with van der Waals surface area (Å²) in [4.78, 5) is 53.9. The Morgan fingerprint density at radius 2 is 1.66 bits per heavy atom. The second-order valence-corrected chi connectivity index (χ2v) is 10.8. The lowest BCUT2D eigenvalue weighted by Gasteiger charge is -2.34. The van der Waals surface area contributed by atoms with Gasteiger partial charge < -0.3 is 30.1 Å². The zero-order valence-corrected chi connectivity index (χ0v) is 25.1. The number of benzene rings is 2. The van der Waals surface area contributed by atoms with Crippen LogP contribution < -0.4 is 10.6 Å². The van der Waals surface area contributed by atoms with Gasteiger partial charge in [-0.25, -0.2) is 4.79 Å². The van der Waals surface area contributed by atoms with E-state index in [9.17, 15) is 24.3 Å². The molecule has 0 fully saturated rings. The number of rotatable bonds is 12. The number of alkyl carbamates (subject to hydrolysis) is 1. The predicted molar refractivity (Wildman–Crippen MR) is 155 cm³/mol. The molecular formula is C31H43N3O7. The molecule has 10 nitrogen and oxygen atoms in total. The molecule has 0 heterocycles. The van der Waals surface area contributed by atoms with E-state index in [1.165, 1.54) is 17.0 Å². The summed E-state index contributed by atoms with van der Waals surface area (Å²) in [5.41, 5.74) is 2.25. The van der Waals surface area contributed by atoms with Crippen LogP contribution in [0.2, 0.25) is 0 Å². The molecule has 0 aliphatic rings. The standard InChI is InChI=1S/C31H43N3O7/c1-8-34(27(24-18-20(3)10-11-21(24)4)28(37)32-17-16-26(36)40-9-2)29(38)25(33-30(39)41-31(5,6)7)19-22-12-14-23(35)15-13-22/h10-15,18,25,27,35H,8-9,16-17,19H2,1-7H3,(H,32,37)(H,33,39). The Hall–Kier alpha value is -4.08. The molecular weight excluding hydrogens is 526 g/mol. The zero-order chi connectivity index (χ0) is 30.7. The van der Waals surface area contributed by atoms with Crippen LogP contribution in [0.1, 0.15) is 69.3 Å². The van der Waals surface area contributed by atoms with Crippen LogP contribution in [-0.4, -0.2) is 65.2 Å². The Kier molecular flexibility index (Phi) is 12.2. The lowest BCUT2D eigenvalue weighted by Crippen LogP contribution is -2.54. The summed E-state index contributed by atoms with van der Waals surface area (Å²) in [6.07, 6.45) is -0.685. The Labute approximate surface area is 242 Å². The van der Waals surface area contributed by atoms with Crippen LogP contribution in [0.5, 0.6) is 5.75 Å². The molecule has 0 aromatic heterocycles. The Bertz CT molecular complexity index is 1210. The van der Waals surface area contributed by atoms with E-state index in [4.69, 9.17) is 9.47 Å². The van der Waals surface area contributed by atoms with Crippen LogP contribution >= 0.6 is 0 Å².